The van der Waals surface area contributed by atoms with Crippen molar-refractivity contribution in [3.05, 3.63) is 28.2 Å². The zero-order valence-electron chi connectivity index (χ0n) is 9.78. The molecule has 1 heterocycles. The Kier molecular flexibility index (Phi) is 3.82. The van der Waals surface area contributed by atoms with Gasteiger partial charge in [-0.15, -0.1) is 0 Å². The lowest BCUT2D eigenvalue weighted by Crippen LogP contribution is -1.94. The minimum absolute atomic E-state index is 0.220. The lowest BCUT2D eigenvalue weighted by atomic mass is 10.2. The van der Waals surface area contributed by atoms with E-state index in [0.29, 0.717) is 21.2 Å². The van der Waals surface area contributed by atoms with E-state index >= 15 is 0 Å². The molecule has 2 rings (SSSR count). The Bertz CT molecular complexity index is 573. The molecule has 0 atom stereocenters. The van der Waals surface area contributed by atoms with E-state index in [2.05, 4.69) is 25.3 Å². The Labute approximate surface area is 116 Å². The third kappa shape index (κ3) is 2.78. The molecular weight excluding hydrogens is 321 g/mol. The van der Waals surface area contributed by atoms with E-state index < -0.39 is 5.82 Å². The fourth-order valence-electron chi connectivity index (χ4n) is 1.22. The molecule has 4 nitrogen and oxygen atoms in total. The lowest BCUT2D eigenvalue weighted by molar-refractivity contribution is 0.472. The van der Waals surface area contributed by atoms with Gasteiger partial charge in [0.15, 0.2) is 5.75 Å². The maximum absolute atomic E-state index is 13.4. The van der Waals surface area contributed by atoms with Crippen molar-refractivity contribution in [2.45, 2.75) is 19.8 Å². The van der Waals surface area contributed by atoms with Gasteiger partial charge in [-0.05, 0) is 22.0 Å². The first-order chi connectivity index (χ1) is 8.47. The first-order valence-electron chi connectivity index (χ1n) is 5.23. The largest absolute Gasteiger partial charge is 0.428 e. The zero-order valence-corrected chi connectivity index (χ0v) is 12.2. The predicted octanol–water partition coefficient (Wildman–Crippen LogP) is 3.94. The number of hydrogen-bond donors (Lipinski definition) is 1. The maximum Gasteiger partial charge on any atom is 0.298 e. The van der Waals surface area contributed by atoms with Gasteiger partial charge in [0, 0.05) is 23.5 Å². The number of nitrogen functional groups attached to an aromatic ring is 1. The van der Waals surface area contributed by atoms with Gasteiger partial charge in [-0.3, -0.25) is 0 Å². The summed E-state index contributed by atoms with van der Waals surface area (Å²) in [6, 6.07) is 2.67. The normalized spacial score (nSPS) is 10.9. The summed E-state index contributed by atoms with van der Waals surface area (Å²) in [5.74, 6) is 0.721. The SMILES string of the molecule is CC(C)c1nsc(Oc2cc(F)c(Br)cc2N)n1. The van der Waals surface area contributed by atoms with Crippen LogP contribution in [0.15, 0.2) is 16.6 Å². The van der Waals surface area contributed by atoms with E-state index in [-0.39, 0.29) is 11.7 Å². The Morgan fingerprint density at radius 3 is 2.78 bits per heavy atom. The summed E-state index contributed by atoms with van der Waals surface area (Å²) in [4.78, 5) is 4.19. The molecule has 0 saturated carbocycles. The number of ether oxygens (including phenoxy) is 1. The van der Waals surface area contributed by atoms with Crippen molar-refractivity contribution < 1.29 is 9.13 Å². The van der Waals surface area contributed by atoms with Crippen molar-refractivity contribution >= 4 is 33.1 Å². The number of hydrogen-bond acceptors (Lipinski definition) is 5. The zero-order chi connectivity index (χ0) is 13.3. The highest BCUT2D eigenvalue weighted by Crippen LogP contribution is 2.33. The van der Waals surface area contributed by atoms with E-state index in [9.17, 15) is 4.39 Å². The first-order valence-corrected chi connectivity index (χ1v) is 6.80. The minimum atomic E-state index is -0.437. The summed E-state index contributed by atoms with van der Waals surface area (Å²) < 4.78 is 23.3. The van der Waals surface area contributed by atoms with Crippen LogP contribution in [0.5, 0.6) is 10.9 Å². The fourth-order valence-corrected chi connectivity index (χ4v) is 2.27. The Morgan fingerprint density at radius 1 is 1.44 bits per heavy atom. The number of aromatic nitrogens is 2. The summed E-state index contributed by atoms with van der Waals surface area (Å²) in [5, 5.41) is 0.354. The van der Waals surface area contributed by atoms with Crippen LogP contribution in [0.2, 0.25) is 0 Å². The summed E-state index contributed by atoms with van der Waals surface area (Å²) in [6.45, 7) is 3.97. The molecule has 96 valence electrons. The van der Waals surface area contributed by atoms with Crippen molar-refractivity contribution in [2.24, 2.45) is 0 Å². The number of nitrogens with zero attached hydrogens (tertiary/aromatic N) is 2. The van der Waals surface area contributed by atoms with Crippen LogP contribution in [0, 0.1) is 5.82 Å². The van der Waals surface area contributed by atoms with Gasteiger partial charge in [-0.25, -0.2) is 4.39 Å². The standard InChI is InChI=1S/C11H11BrFN3OS/c1-5(2)10-15-11(18-16-10)17-9-4-7(13)6(12)3-8(9)14/h3-5H,14H2,1-2H3. The van der Waals surface area contributed by atoms with Crippen molar-refractivity contribution in [2.75, 3.05) is 5.73 Å². The second kappa shape index (κ2) is 5.19. The Balaban J connectivity index is 2.25. The van der Waals surface area contributed by atoms with Crippen LogP contribution in [0.3, 0.4) is 0 Å². The first kappa shape index (κ1) is 13.2. The third-order valence-electron chi connectivity index (χ3n) is 2.19. The molecule has 0 bridgehead atoms. The molecule has 2 N–H and O–H groups in total. The highest BCUT2D eigenvalue weighted by atomic mass is 79.9. The molecule has 7 heteroatoms. The number of nitrogens with two attached hydrogens (primary N) is 1. The summed E-state index contributed by atoms with van der Waals surface area (Å²) in [6.07, 6.45) is 0. The van der Waals surface area contributed by atoms with Gasteiger partial charge >= 0.3 is 0 Å². The van der Waals surface area contributed by atoms with E-state index in [4.69, 9.17) is 10.5 Å². The van der Waals surface area contributed by atoms with Crippen molar-refractivity contribution in [1.82, 2.24) is 9.36 Å². The fraction of sp³-hybridized carbons (Fsp3) is 0.273. The average molecular weight is 332 g/mol. The highest BCUT2D eigenvalue weighted by molar-refractivity contribution is 9.10. The van der Waals surface area contributed by atoms with E-state index in [1.54, 1.807) is 0 Å². The van der Waals surface area contributed by atoms with Gasteiger partial charge < -0.3 is 10.5 Å². The van der Waals surface area contributed by atoms with Crippen molar-refractivity contribution in [3.63, 3.8) is 0 Å². The summed E-state index contributed by atoms with van der Waals surface area (Å²) in [7, 11) is 0. The average Bonchev–Trinajstić information content (AvgIpc) is 2.74. The Hall–Kier alpha value is -1.21. The lowest BCUT2D eigenvalue weighted by Gasteiger charge is -2.06. The van der Waals surface area contributed by atoms with Gasteiger partial charge in [0.1, 0.15) is 11.6 Å². The predicted molar refractivity (Wildman–Crippen MR) is 72.6 cm³/mol. The molecule has 0 saturated heterocycles. The van der Waals surface area contributed by atoms with Crippen LogP contribution in [-0.4, -0.2) is 9.36 Å². The van der Waals surface area contributed by atoms with Crippen LogP contribution < -0.4 is 10.5 Å². The van der Waals surface area contributed by atoms with Crippen molar-refractivity contribution in [3.8, 4) is 10.9 Å². The van der Waals surface area contributed by atoms with Gasteiger partial charge in [0.25, 0.3) is 5.19 Å². The van der Waals surface area contributed by atoms with E-state index in [0.717, 1.165) is 11.5 Å². The number of benzene rings is 1. The van der Waals surface area contributed by atoms with Gasteiger partial charge in [-0.2, -0.15) is 9.36 Å². The Morgan fingerprint density at radius 2 is 2.17 bits per heavy atom. The molecule has 2 aromatic rings. The summed E-state index contributed by atoms with van der Waals surface area (Å²) >= 11 is 4.17. The molecule has 0 aliphatic rings. The molecule has 0 fully saturated rings. The van der Waals surface area contributed by atoms with Crippen LogP contribution in [0.4, 0.5) is 10.1 Å². The molecule has 0 aliphatic carbocycles. The molecule has 0 amide bonds. The van der Waals surface area contributed by atoms with Crippen LogP contribution in [-0.2, 0) is 0 Å². The van der Waals surface area contributed by atoms with Crippen LogP contribution in [0.25, 0.3) is 0 Å². The van der Waals surface area contributed by atoms with Crippen molar-refractivity contribution in [1.29, 1.82) is 0 Å². The quantitative estimate of drug-likeness (QED) is 0.865. The van der Waals surface area contributed by atoms with Gasteiger partial charge in [0.05, 0.1) is 10.2 Å². The molecule has 18 heavy (non-hydrogen) atoms. The molecule has 0 unspecified atom stereocenters. The molecule has 1 aromatic heterocycles. The molecule has 0 radical (unpaired) electrons. The number of anilines is 1. The molecular formula is C11H11BrFN3OS. The molecule has 0 aliphatic heterocycles. The number of rotatable bonds is 3. The second-order valence-electron chi connectivity index (χ2n) is 3.98. The van der Waals surface area contributed by atoms with Gasteiger partial charge in [0.2, 0.25) is 0 Å². The van der Waals surface area contributed by atoms with Gasteiger partial charge in [-0.1, -0.05) is 13.8 Å². The minimum Gasteiger partial charge on any atom is -0.428 e. The third-order valence-corrected chi connectivity index (χ3v) is 3.41. The van der Waals surface area contributed by atoms with Crippen LogP contribution >= 0.6 is 27.5 Å². The molecule has 1 aromatic carbocycles. The summed E-state index contributed by atoms with van der Waals surface area (Å²) in [5.41, 5.74) is 6.08. The van der Waals surface area contributed by atoms with E-state index in [1.165, 1.54) is 12.1 Å². The topological polar surface area (TPSA) is 61.0 Å². The maximum atomic E-state index is 13.4. The second-order valence-corrected chi connectivity index (χ2v) is 5.55. The monoisotopic (exact) mass is 331 g/mol. The smallest absolute Gasteiger partial charge is 0.298 e. The van der Waals surface area contributed by atoms with E-state index in [1.807, 2.05) is 13.8 Å². The van der Waals surface area contributed by atoms with Crippen LogP contribution in [0.1, 0.15) is 25.6 Å². The highest BCUT2D eigenvalue weighted by Gasteiger charge is 2.12. The number of halogens is 2. The molecule has 0 spiro atoms.